The molecule has 0 bridgehead atoms. The van der Waals surface area contributed by atoms with E-state index in [9.17, 15) is 9.90 Å². The maximum atomic E-state index is 11.3. The highest BCUT2D eigenvalue weighted by atomic mass is 16.4. The minimum absolute atomic E-state index is 0.331. The summed E-state index contributed by atoms with van der Waals surface area (Å²) in [7, 11) is 0. The van der Waals surface area contributed by atoms with Gasteiger partial charge in [0.15, 0.2) is 0 Å². The minimum Gasteiger partial charge on any atom is -0.478 e. The molecule has 120 valence electrons. The lowest BCUT2D eigenvalue weighted by Gasteiger charge is -2.16. The Kier molecular flexibility index (Phi) is 3.52. The number of carbonyl (C=O) groups is 1. The van der Waals surface area contributed by atoms with Crippen molar-refractivity contribution in [3.8, 4) is 0 Å². The van der Waals surface area contributed by atoms with Crippen LogP contribution in [0.1, 0.15) is 53.2 Å². The lowest BCUT2D eigenvalue weighted by Crippen LogP contribution is -2.18. The van der Waals surface area contributed by atoms with E-state index in [-0.39, 0.29) is 0 Å². The van der Waals surface area contributed by atoms with E-state index in [0.29, 0.717) is 18.0 Å². The first kappa shape index (κ1) is 14.2. The van der Waals surface area contributed by atoms with Crippen molar-refractivity contribution in [3.05, 3.63) is 41.3 Å². The second-order valence-electron chi connectivity index (χ2n) is 6.42. The van der Waals surface area contributed by atoms with Crippen LogP contribution in [0.4, 0.5) is 5.82 Å². The molecule has 6 nitrogen and oxygen atoms in total. The van der Waals surface area contributed by atoms with Gasteiger partial charge in [0.25, 0.3) is 0 Å². The van der Waals surface area contributed by atoms with Crippen LogP contribution in [0.5, 0.6) is 0 Å². The number of rotatable bonds is 5. The monoisotopic (exact) mass is 312 g/mol. The predicted octanol–water partition coefficient (Wildman–Crippen LogP) is 2.50. The van der Waals surface area contributed by atoms with Gasteiger partial charge in [0, 0.05) is 31.4 Å². The average Bonchev–Trinajstić information content (AvgIpc) is 3.08. The molecule has 1 aliphatic heterocycles. The Morgan fingerprint density at radius 2 is 2.04 bits per heavy atom. The van der Waals surface area contributed by atoms with Gasteiger partial charge in [-0.1, -0.05) is 6.07 Å². The molecule has 6 heteroatoms. The van der Waals surface area contributed by atoms with Crippen molar-refractivity contribution in [2.45, 2.75) is 38.1 Å². The molecular weight excluding hydrogens is 292 g/mol. The fraction of sp³-hybridized carbons (Fsp3) is 0.471. The highest BCUT2D eigenvalue weighted by Crippen LogP contribution is 2.40. The first-order chi connectivity index (χ1) is 11.2. The Morgan fingerprint density at radius 3 is 2.65 bits per heavy atom. The summed E-state index contributed by atoms with van der Waals surface area (Å²) in [5, 5.41) is 13.8. The zero-order chi connectivity index (χ0) is 15.8. The molecule has 0 unspecified atom stereocenters. The van der Waals surface area contributed by atoms with Crippen LogP contribution < -0.4 is 4.90 Å². The second-order valence-corrected chi connectivity index (χ2v) is 6.42. The third-order valence-electron chi connectivity index (χ3n) is 4.57. The van der Waals surface area contributed by atoms with E-state index >= 15 is 0 Å². The molecule has 3 heterocycles. The van der Waals surface area contributed by atoms with Crippen molar-refractivity contribution >= 4 is 11.8 Å². The zero-order valence-corrected chi connectivity index (χ0v) is 13.0. The van der Waals surface area contributed by atoms with Gasteiger partial charge < -0.3 is 10.0 Å². The molecule has 2 aromatic rings. The number of hydrogen-bond donors (Lipinski definition) is 1. The quantitative estimate of drug-likeness (QED) is 0.918. The second kappa shape index (κ2) is 5.68. The Labute approximate surface area is 134 Å². The normalized spacial score (nSPS) is 17.7. The Morgan fingerprint density at radius 1 is 1.26 bits per heavy atom. The van der Waals surface area contributed by atoms with Crippen LogP contribution in [-0.4, -0.2) is 38.9 Å². The minimum atomic E-state index is -0.888. The third-order valence-corrected chi connectivity index (χ3v) is 4.57. The molecule has 1 saturated heterocycles. The molecule has 1 saturated carbocycles. The number of anilines is 1. The Balaban J connectivity index is 1.51. The van der Waals surface area contributed by atoms with Crippen molar-refractivity contribution in [1.82, 2.24) is 14.8 Å². The van der Waals surface area contributed by atoms with E-state index in [4.69, 9.17) is 0 Å². The molecule has 2 aliphatic rings. The molecule has 0 radical (unpaired) electrons. The van der Waals surface area contributed by atoms with Gasteiger partial charge >= 0.3 is 5.97 Å². The summed E-state index contributed by atoms with van der Waals surface area (Å²) >= 11 is 0. The Bertz CT molecular complexity index is 713. The molecule has 2 aromatic heterocycles. The molecule has 1 aliphatic carbocycles. The summed E-state index contributed by atoms with van der Waals surface area (Å²) in [5.41, 5.74) is 2.11. The fourth-order valence-electron chi connectivity index (χ4n) is 3.17. The van der Waals surface area contributed by atoms with Crippen LogP contribution in [-0.2, 0) is 6.54 Å². The first-order valence-electron chi connectivity index (χ1n) is 8.21. The molecule has 0 aromatic carbocycles. The van der Waals surface area contributed by atoms with Gasteiger partial charge in [-0.2, -0.15) is 5.10 Å². The number of carboxylic acid groups (broad SMARTS) is 1. The van der Waals surface area contributed by atoms with Crippen molar-refractivity contribution < 1.29 is 9.90 Å². The van der Waals surface area contributed by atoms with Crippen molar-refractivity contribution in [2.24, 2.45) is 0 Å². The molecule has 4 rings (SSSR count). The van der Waals surface area contributed by atoms with Gasteiger partial charge in [-0.05, 0) is 37.3 Å². The van der Waals surface area contributed by atoms with E-state index in [0.717, 1.165) is 43.0 Å². The van der Waals surface area contributed by atoms with Crippen LogP contribution in [0, 0.1) is 0 Å². The highest BCUT2D eigenvalue weighted by Gasteiger charge is 2.31. The number of hydrogen-bond acceptors (Lipinski definition) is 4. The van der Waals surface area contributed by atoms with E-state index < -0.39 is 5.97 Å². The van der Waals surface area contributed by atoms with Crippen LogP contribution >= 0.6 is 0 Å². The zero-order valence-electron chi connectivity index (χ0n) is 13.0. The smallest absolute Gasteiger partial charge is 0.339 e. The highest BCUT2D eigenvalue weighted by molar-refractivity contribution is 5.89. The van der Waals surface area contributed by atoms with Crippen molar-refractivity contribution in [3.63, 3.8) is 0 Å². The summed E-state index contributed by atoms with van der Waals surface area (Å²) in [4.78, 5) is 18.2. The van der Waals surface area contributed by atoms with Crippen LogP contribution in [0.15, 0.2) is 24.5 Å². The van der Waals surface area contributed by atoms with Crippen molar-refractivity contribution in [1.29, 1.82) is 0 Å². The lowest BCUT2D eigenvalue weighted by atomic mass is 10.2. The third kappa shape index (κ3) is 2.93. The van der Waals surface area contributed by atoms with E-state index in [2.05, 4.69) is 21.0 Å². The van der Waals surface area contributed by atoms with Crippen LogP contribution in [0.2, 0.25) is 0 Å². The van der Waals surface area contributed by atoms with Crippen molar-refractivity contribution in [2.75, 3.05) is 18.0 Å². The average molecular weight is 312 g/mol. The predicted molar refractivity (Wildman–Crippen MR) is 85.9 cm³/mol. The summed E-state index contributed by atoms with van der Waals surface area (Å²) in [5.74, 6) is 0.468. The van der Waals surface area contributed by atoms with E-state index in [1.54, 1.807) is 10.9 Å². The summed E-state index contributed by atoms with van der Waals surface area (Å²) in [6, 6.07) is 4.10. The van der Waals surface area contributed by atoms with Gasteiger partial charge in [-0.15, -0.1) is 0 Å². The van der Waals surface area contributed by atoms with Crippen LogP contribution in [0.25, 0.3) is 0 Å². The first-order valence-corrected chi connectivity index (χ1v) is 8.21. The molecule has 23 heavy (non-hydrogen) atoms. The van der Waals surface area contributed by atoms with Gasteiger partial charge in [0.1, 0.15) is 11.4 Å². The standard InChI is InChI=1S/C17H20N4O2/c22-17(23)14-11-21(19-16(14)13-4-5-13)10-12-3-6-15(18-9-12)20-7-1-2-8-20/h3,6,9,11,13H,1-2,4-5,7-8,10H2,(H,22,23). The fourth-order valence-corrected chi connectivity index (χ4v) is 3.17. The van der Waals surface area contributed by atoms with Gasteiger partial charge in [0.2, 0.25) is 0 Å². The summed E-state index contributed by atoms with van der Waals surface area (Å²) in [6.45, 7) is 2.72. The molecule has 0 amide bonds. The summed E-state index contributed by atoms with van der Waals surface area (Å²) < 4.78 is 1.73. The number of nitrogens with zero attached hydrogens (tertiary/aromatic N) is 4. The van der Waals surface area contributed by atoms with Crippen LogP contribution in [0.3, 0.4) is 0 Å². The number of pyridine rings is 1. The Hall–Kier alpha value is -2.37. The largest absolute Gasteiger partial charge is 0.478 e. The van der Waals surface area contributed by atoms with Gasteiger partial charge in [0.05, 0.1) is 12.2 Å². The maximum Gasteiger partial charge on any atom is 0.339 e. The number of aromatic carboxylic acids is 1. The maximum absolute atomic E-state index is 11.3. The van der Waals surface area contributed by atoms with E-state index in [1.807, 2.05) is 12.3 Å². The van der Waals surface area contributed by atoms with E-state index in [1.165, 1.54) is 12.8 Å². The molecule has 0 spiro atoms. The van der Waals surface area contributed by atoms with Gasteiger partial charge in [-0.3, -0.25) is 4.68 Å². The molecule has 0 atom stereocenters. The SMILES string of the molecule is O=C(O)c1cn(Cc2ccc(N3CCCC3)nc2)nc1C1CC1. The number of carboxylic acids is 1. The topological polar surface area (TPSA) is 71.2 Å². The molecular formula is C17H20N4O2. The number of aromatic nitrogens is 3. The van der Waals surface area contributed by atoms with Gasteiger partial charge in [-0.25, -0.2) is 9.78 Å². The summed E-state index contributed by atoms with van der Waals surface area (Å²) in [6.07, 6.45) is 8.07. The molecule has 1 N–H and O–H groups in total. The molecule has 2 fully saturated rings. The lowest BCUT2D eigenvalue weighted by molar-refractivity contribution is 0.0695.